The van der Waals surface area contributed by atoms with Crippen molar-refractivity contribution in [3.63, 3.8) is 0 Å². The van der Waals surface area contributed by atoms with Crippen LogP contribution in [0.15, 0.2) is 12.4 Å². The summed E-state index contributed by atoms with van der Waals surface area (Å²) in [5.41, 5.74) is 1.62. The molecule has 4 heteroatoms. The fourth-order valence-corrected chi connectivity index (χ4v) is 1.02. The normalized spacial score (nSPS) is 10.0. The van der Waals surface area contributed by atoms with Crippen molar-refractivity contribution in [1.82, 2.24) is 9.97 Å². The van der Waals surface area contributed by atoms with Gasteiger partial charge in [-0.25, -0.2) is 9.97 Å². The van der Waals surface area contributed by atoms with Gasteiger partial charge in [-0.05, 0) is 13.0 Å². The van der Waals surface area contributed by atoms with Gasteiger partial charge in [0.2, 0.25) is 0 Å². The molecule has 0 saturated heterocycles. The first-order chi connectivity index (χ1) is 6.22. The molecular weight excluding hydrogens is 168 g/mol. The summed E-state index contributed by atoms with van der Waals surface area (Å²) < 4.78 is 4.71. The van der Waals surface area contributed by atoms with Crippen LogP contribution < -0.4 is 0 Å². The average Bonchev–Trinajstić information content (AvgIpc) is 2.04. The first-order valence-corrected chi connectivity index (χ1v) is 4.00. The van der Waals surface area contributed by atoms with Gasteiger partial charge >= 0.3 is 0 Å². The third-order valence-electron chi connectivity index (χ3n) is 1.54. The molecule has 0 amide bonds. The van der Waals surface area contributed by atoms with Crippen LogP contribution in [-0.4, -0.2) is 29.5 Å². The van der Waals surface area contributed by atoms with Gasteiger partial charge in [-0.2, -0.15) is 0 Å². The maximum absolute atomic E-state index is 11.1. The van der Waals surface area contributed by atoms with Crippen molar-refractivity contribution in [3.8, 4) is 0 Å². The Labute approximate surface area is 77.0 Å². The van der Waals surface area contributed by atoms with Crippen molar-refractivity contribution < 1.29 is 9.53 Å². The molecule has 0 aliphatic heterocycles. The van der Waals surface area contributed by atoms with Crippen molar-refractivity contribution in [2.45, 2.75) is 13.3 Å². The summed E-state index contributed by atoms with van der Waals surface area (Å²) in [5.74, 6) is 0.0283. The number of rotatable bonds is 4. The van der Waals surface area contributed by atoms with Gasteiger partial charge < -0.3 is 4.74 Å². The molecule has 0 fully saturated rings. The van der Waals surface area contributed by atoms with Crippen molar-refractivity contribution in [1.29, 1.82) is 0 Å². The second-order valence-electron chi connectivity index (χ2n) is 2.80. The Morgan fingerprint density at radius 1 is 1.54 bits per heavy atom. The number of methoxy groups -OCH3 is 1. The summed E-state index contributed by atoms with van der Waals surface area (Å²) in [4.78, 5) is 19.1. The number of Topliss-reactive ketones (excluding diaryl/α,β-unsaturated/α-hetero) is 1. The van der Waals surface area contributed by atoms with Gasteiger partial charge in [0, 0.05) is 12.8 Å². The number of aryl methyl sites for hydroxylation is 1. The van der Waals surface area contributed by atoms with E-state index in [1.807, 2.05) is 6.92 Å². The fraction of sp³-hybridized carbons (Fsp3) is 0.444. The zero-order valence-electron chi connectivity index (χ0n) is 7.78. The minimum absolute atomic E-state index is 0.0283. The van der Waals surface area contributed by atoms with Gasteiger partial charge in [0.25, 0.3) is 0 Å². The molecule has 0 atom stereocenters. The van der Waals surface area contributed by atoms with Crippen LogP contribution in [0, 0.1) is 6.92 Å². The standard InChI is InChI=1S/C9H12N2O2/c1-7-3-8(11-6-10-7)4-9(12)5-13-2/h3,6H,4-5H2,1-2H3. The highest BCUT2D eigenvalue weighted by Gasteiger charge is 2.03. The van der Waals surface area contributed by atoms with E-state index < -0.39 is 0 Å². The van der Waals surface area contributed by atoms with E-state index in [4.69, 9.17) is 4.74 Å². The Hall–Kier alpha value is -1.29. The minimum Gasteiger partial charge on any atom is -0.377 e. The van der Waals surface area contributed by atoms with Crippen LogP contribution in [0.1, 0.15) is 11.4 Å². The Morgan fingerprint density at radius 2 is 2.31 bits per heavy atom. The van der Waals surface area contributed by atoms with Gasteiger partial charge in [-0.1, -0.05) is 0 Å². The highest BCUT2D eigenvalue weighted by molar-refractivity contribution is 5.81. The third kappa shape index (κ3) is 3.29. The maximum atomic E-state index is 11.1. The Balaban J connectivity index is 2.58. The molecule has 0 saturated carbocycles. The van der Waals surface area contributed by atoms with E-state index in [-0.39, 0.29) is 12.4 Å². The average molecular weight is 180 g/mol. The molecule has 1 heterocycles. The molecule has 0 radical (unpaired) electrons. The molecule has 1 rings (SSSR count). The molecule has 0 unspecified atom stereocenters. The van der Waals surface area contributed by atoms with Gasteiger partial charge in [0.05, 0.1) is 12.1 Å². The van der Waals surface area contributed by atoms with Crippen LogP contribution >= 0.6 is 0 Å². The van der Waals surface area contributed by atoms with E-state index in [0.717, 1.165) is 11.4 Å². The lowest BCUT2D eigenvalue weighted by Crippen LogP contribution is -2.10. The van der Waals surface area contributed by atoms with E-state index in [0.29, 0.717) is 6.42 Å². The maximum Gasteiger partial charge on any atom is 0.164 e. The van der Waals surface area contributed by atoms with Crippen LogP contribution in [0.2, 0.25) is 0 Å². The highest BCUT2D eigenvalue weighted by atomic mass is 16.5. The molecule has 0 spiro atoms. The summed E-state index contributed by atoms with van der Waals surface area (Å²) in [6.45, 7) is 2.01. The van der Waals surface area contributed by atoms with Crippen LogP contribution in [0.25, 0.3) is 0 Å². The third-order valence-corrected chi connectivity index (χ3v) is 1.54. The lowest BCUT2D eigenvalue weighted by Gasteiger charge is -1.99. The zero-order chi connectivity index (χ0) is 9.68. The molecule has 4 nitrogen and oxygen atoms in total. The Kier molecular flexibility index (Phi) is 3.52. The number of aromatic nitrogens is 2. The summed E-state index contributed by atoms with van der Waals surface area (Å²) in [7, 11) is 1.50. The summed E-state index contributed by atoms with van der Waals surface area (Å²) in [5, 5.41) is 0. The molecule has 0 aromatic carbocycles. The number of hydrogen-bond acceptors (Lipinski definition) is 4. The van der Waals surface area contributed by atoms with Crippen LogP contribution in [-0.2, 0) is 16.0 Å². The topological polar surface area (TPSA) is 52.1 Å². The zero-order valence-corrected chi connectivity index (χ0v) is 7.78. The molecule has 13 heavy (non-hydrogen) atoms. The van der Waals surface area contributed by atoms with E-state index in [1.54, 1.807) is 6.07 Å². The fourth-order valence-electron chi connectivity index (χ4n) is 1.02. The molecule has 0 bridgehead atoms. The number of hydrogen-bond donors (Lipinski definition) is 0. The Morgan fingerprint density at radius 3 is 2.92 bits per heavy atom. The van der Waals surface area contributed by atoms with E-state index in [1.165, 1.54) is 13.4 Å². The largest absolute Gasteiger partial charge is 0.377 e. The number of nitrogens with zero attached hydrogens (tertiary/aromatic N) is 2. The second kappa shape index (κ2) is 4.67. The van der Waals surface area contributed by atoms with Gasteiger partial charge in [0.1, 0.15) is 12.9 Å². The predicted molar refractivity (Wildman–Crippen MR) is 47.4 cm³/mol. The monoisotopic (exact) mass is 180 g/mol. The molecule has 0 N–H and O–H groups in total. The molecule has 0 aliphatic rings. The van der Waals surface area contributed by atoms with Crippen LogP contribution in [0.3, 0.4) is 0 Å². The summed E-state index contributed by atoms with van der Waals surface area (Å²) in [6, 6.07) is 1.80. The van der Waals surface area contributed by atoms with Crippen molar-refractivity contribution in [2.24, 2.45) is 0 Å². The summed E-state index contributed by atoms with van der Waals surface area (Å²) >= 11 is 0. The minimum atomic E-state index is 0.0283. The first kappa shape index (κ1) is 9.80. The van der Waals surface area contributed by atoms with E-state index in [2.05, 4.69) is 9.97 Å². The van der Waals surface area contributed by atoms with Crippen LogP contribution in [0.5, 0.6) is 0 Å². The van der Waals surface area contributed by atoms with Crippen molar-refractivity contribution >= 4 is 5.78 Å². The second-order valence-corrected chi connectivity index (χ2v) is 2.80. The quantitative estimate of drug-likeness (QED) is 0.678. The lowest BCUT2D eigenvalue weighted by atomic mass is 10.2. The summed E-state index contributed by atoms with van der Waals surface area (Å²) in [6.07, 6.45) is 1.78. The molecular formula is C9H12N2O2. The molecule has 70 valence electrons. The van der Waals surface area contributed by atoms with Crippen LogP contribution in [0.4, 0.5) is 0 Å². The number of ether oxygens (including phenoxy) is 1. The highest BCUT2D eigenvalue weighted by Crippen LogP contribution is 1.98. The molecule has 1 aromatic heterocycles. The number of carbonyl (C=O) groups is 1. The van der Waals surface area contributed by atoms with E-state index >= 15 is 0 Å². The Bertz CT molecular complexity index is 299. The van der Waals surface area contributed by atoms with E-state index in [9.17, 15) is 4.79 Å². The van der Waals surface area contributed by atoms with Gasteiger partial charge in [0.15, 0.2) is 5.78 Å². The van der Waals surface area contributed by atoms with Gasteiger partial charge in [-0.3, -0.25) is 4.79 Å². The first-order valence-electron chi connectivity index (χ1n) is 4.00. The van der Waals surface area contributed by atoms with Crippen molar-refractivity contribution in [2.75, 3.05) is 13.7 Å². The SMILES string of the molecule is COCC(=O)Cc1cc(C)ncn1. The number of carbonyl (C=O) groups excluding carboxylic acids is 1. The lowest BCUT2D eigenvalue weighted by molar-refractivity contribution is -0.122. The van der Waals surface area contributed by atoms with Gasteiger partial charge in [-0.15, -0.1) is 0 Å². The smallest absolute Gasteiger partial charge is 0.164 e. The number of ketones is 1. The molecule has 1 aromatic rings. The predicted octanol–water partition coefficient (Wildman–Crippen LogP) is 0.543. The van der Waals surface area contributed by atoms with Crippen molar-refractivity contribution in [3.05, 3.63) is 23.8 Å². The molecule has 0 aliphatic carbocycles.